The molecule has 1 heterocycles. The van der Waals surface area contributed by atoms with Crippen molar-refractivity contribution >= 4 is 17.2 Å². The van der Waals surface area contributed by atoms with E-state index in [2.05, 4.69) is 10.3 Å². The largest absolute Gasteiger partial charge is 0.344 e. The summed E-state index contributed by atoms with van der Waals surface area (Å²) in [5.41, 5.74) is 6.69. The summed E-state index contributed by atoms with van der Waals surface area (Å²) in [6, 6.07) is 5.85. The molecule has 1 aromatic heterocycles. The zero-order valence-electron chi connectivity index (χ0n) is 11.1. The second kappa shape index (κ2) is 6.58. The van der Waals surface area contributed by atoms with Crippen molar-refractivity contribution in [1.29, 1.82) is 0 Å². The minimum absolute atomic E-state index is 0.206. The van der Waals surface area contributed by atoms with Gasteiger partial charge in [-0.1, -0.05) is 12.1 Å². The molecule has 0 spiro atoms. The van der Waals surface area contributed by atoms with Crippen LogP contribution in [0.5, 0.6) is 0 Å². The van der Waals surface area contributed by atoms with Crippen LogP contribution < -0.4 is 11.1 Å². The smallest absolute Gasteiger partial charge is 0.271 e. The Balaban J connectivity index is 2.01. The summed E-state index contributed by atoms with van der Waals surface area (Å²) >= 11 is 1.43. The highest BCUT2D eigenvalue weighted by Crippen LogP contribution is 2.15. The van der Waals surface area contributed by atoms with Crippen molar-refractivity contribution in [3.8, 4) is 0 Å². The van der Waals surface area contributed by atoms with E-state index >= 15 is 0 Å². The molecule has 0 saturated heterocycles. The Morgan fingerprint density at radius 1 is 1.45 bits per heavy atom. The van der Waals surface area contributed by atoms with E-state index in [1.54, 1.807) is 17.5 Å². The molecule has 20 heavy (non-hydrogen) atoms. The summed E-state index contributed by atoms with van der Waals surface area (Å²) in [6.07, 6.45) is 0.672. The third kappa shape index (κ3) is 3.61. The number of rotatable bonds is 5. The number of hydrogen-bond acceptors (Lipinski definition) is 4. The van der Waals surface area contributed by atoms with E-state index in [1.165, 1.54) is 23.5 Å². The Morgan fingerprint density at radius 3 is 2.80 bits per heavy atom. The highest BCUT2D eigenvalue weighted by atomic mass is 32.1. The first-order valence-corrected chi connectivity index (χ1v) is 7.19. The van der Waals surface area contributed by atoms with Gasteiger partial charge in [0.25, 0.3) is 5.91 Å². The fourth-order valence-electron chi connectivity index (χ4n) is 1.76. The molecule has 106 valence electrons. The normalized spacial score (nSPS) is 12.2. The van der Waals surface area contributed by atoms with Crippen LogP contribution in [0, 0.1) is 5.82 Å². The average molecular weight is 293 g/mol. The average Bonchev–Trinajstić information content (AvgIpc) is 2.88. The topological polar surface area (TPSA) is 68.0 Å². The van der Waals surface area contributed by atoms with E-state index in [9.17, 15) is 9.18 Å². The number of thiazole rings is 1. The van der Waals surface area contributed by atoms with Crippen molar-refractivity contribution in [2.24, 2.45) is 5.73 Å². The maximum atomic E-state index is 12.8. The highest BCUT2D eigenvalue weighted by Gasteiger charge is 2.14. The standard InChI is InChI=1S/C14H16FN3OS/c1-9(10-2-4-11(15)5-3-10)17-14(19)12-8-20-13(18-12)6-7-16/h2-5,8-9H,6-7,16H2,1H3,(H,17,19)/t9-/m0/s1. The van der Waals surface area contributed by atoms with Crippen molar-refractivity contribution in [3.05, 3.63) is 51.7 Å². The van der Waals surface area contributed by atoms with Crippen LogP contribution in [0.15, 0.2) is 29.6 Å². The van der Waals surface area contributed by atoms with Gasteiger partial charge in [0.05, 0.1) is 11.0 Å². The first-order chi connectivity index (χ1) is 9.60. The van der Waals surface area contributed by atoms with Crippen LogP contribution in [0.3, 0.4) is 0 Å². The van der Waals surface area contributed by atoms with E-state index < -0.39 is 0 Å². The number of hydrogen-bond donors (Lipinski definition) is 2. The fourth-order valence-corrected chi connectivity index (χ4v) is 2.55. The summed E-state index contributed by atoms with van der Waals surface area (Å²) in [5, 5.41) is 5.41. The number of aromatic nitrogens is 1. The van der Waals surface area contributed by atoms with Gasteiger partial charge < -0.3 is 11.1 Å². The molecule has 0 aliphatic rings. The maximum Gasteiger partial charge on any atom is 0.271 e. The number of halogens is 1. The molecule has 0 radical (unpaired) electrons. The molecular weight excluding hydrogens is 277 g/mol. The minimum atomic E-state index is -0.293. The van der Waals surface area contributed by atoms with E-state index in [1.807, 2.05) is 6.92 Å². The van der Waals surface area contributed by atoms with Crippen LogP contribution in [0.4, 0.5) is 4.39 Å². The van der Waals surface area contributed by atoms with Gasteiger partial charge in [0.1, 0.15) is 11.5 Å². The van der Waals surface area contributed by atoms with Crippen molar-refractivity contribution in [3.63, 3.8) is 0 Å². The number of benzene rings is 1. The minimum Gasteiger partial charge on any atom is -0.344 e. The molecule has 1 atom stereocenters. The number of carbonyl (C=O) groups excluding carboxylic acids is 1. The van der Waals surface area contributed by atoms with Crippen LogP contribution in [0.2, 0.25) is 0 Å². The number of nitrogens with two attached hydrogens (primary N) is 1. The molecule has 0 bridgehead atoms. The molecule has 4 nitrogen and oxygen atoms in total. The molecule has 2 aromatic rings. The molecule has 6 heteroatoms. The molecule has 0 saturated carbocycles. The number of nitrogens with one attached hydrogen (secondary N) is 1. The van der Waals surface area contributed by atoms with Crippen LogP contribution in [-0.4, -0.2) is 17.4 Å². The fraction of sp³-hybridized carbons (Fsp3) is 0.286. The lowest BCUT2D eigenvalue weighted by Crippen LogP contribution is -2.27. The van der Waals surface area contributed by atoms with Crippen molar-refractivity contribution < 1.29 is 9.18 Å². The van der Waals surface area contributed by atoms with E-state index in [4.69, 9.17) is 5.73 Å². The Kier molecular flexibility index (Phi) is 4.81. The van der Waals surface area contributed by atoms with Gasteiger partial charge in [0.15, 0.2) is 0 Å². The lowest BCUT2D eigenvalue weighted by molar-refractivity contribution is 0.0935. The van der Waals surface area contributed by atoms with Crippen molar-refractivity contribution in [2.75, 3.05) is 6.54 Å². The zero-order valence-corrected chi connectivity index (χ0v) is 11.9. The van der Waals surface area contributed by atoms with Gasteiger partial charge in [0, 0.05) is 11.8 Å². The summed E-state index contributed by atoms with van der Waals surface area (Å²) in [6.45, 7) is 2.36. The third-order valence-electron chi connectivity index (χ3n) is 2.86. The summed E-state index contributed by atoms with van der Waals surface area (Å²) < 4.78 is 12.8. The Labute approximate surface area is 120 Å². The monoisotopic (exact) mass is 293 g/mol. The van der Waals surface area contributed by atoms with Gasteiger partial charge in [-0.05, 0) is 31.2 Å². The van der Waals surface area contributed by atoms with Crippen LogP contribution >= 0.6 is 11.3 Å². The van der Waals surface area contributed by atoms with Gasteiger partial charge >= 0.3 is 0 Å². The molecule has 1 amide bonds. The lowest BCUT2D eigenvalue weighted by atomic mass is 10.1. The van der Waals surface area contributed by atoms with E-state index in [-0.39, 0.29) is 17.8 Å². The quantitative estimate of drug-likeness (QED) is 0.888. The maximum absolute atomic E-state index is 12.8. The second-order valence-corrected chi connectivity index (χ2v) is 5.35. The van der Waals surface area contributed by atoms with Crippen LogP contribution in [0.1, 0.15) is 34.0 Å². The summed E-state index contributed by atoms with van der Waals surface area (Å²) in [4.78, 5) is 16.3. The van der Waals surface area contributed by atoms with Gasteiger partial charge in [-0.25, -0.2) is 9.37 Å². The molecule has 2 rings (SSSR count). The molecule has 0 unspecified atom stereocenters. The zero-order chi connectivity index (χ0) is 14.5. The predicted octanol–water partition coefficient (Wildman–Crippen LogP) is 2.27. The molecule has 1 aromatic carbocycles. The summed E-state index contributed by atoms with van der Waals surface area (Å²) in [5.74, 6) is -0.528. The lowest BCUT2D eigenvalue weighted by Gasteiger charge is -2.13. The Morgan fingerprint density at radius 2 is 2.15 bits per heavy atom. The molecule has 0 aliphatic carbocycles. The van der Waals surface area contributed by atoms with E-state index in [0.717, 1.165) is 10.6 Å². The van der Waals surface area contributed by atoms with Crippen molar-refractivity contribution in [2.45, 2.75) is 19.4 Å². The van der Waals surface area contributed by atoms with Crippen LogP contribution in [0.25, 0.3) is 0 Å². The molecular formula is C14H16FN3OS. The predicted molar refractivity (Wildman–Crippen MR) is 77.2 cm³/mol. The van der Waals surface area contributed by atoms with Crippen LogP contribution in [-0.2, 0) is 6.42 Å². The second-order valence-electron chi connectivity index (χ2n) is 4.41. The molecule has 0 aliphatic heterocycles. The Bertz CT molecular complexity index is 582. The first-order valence-electron chi connectivity index (χ1n) is 6.31. The third-order valence-corrected chi connectivity index (χ3v) is 3.77. The van der Waals surface area contributed by atoms with Gasteiger partial charge in [-0.15, -0.1) is 11.3 Å². The van der Waals surface area contributed by atoms with Gasteiger partial charge in [-0.2, -0.15) is 0 Å². The summed E-state index contributed by atoms with van der Waals surface area (Å²) in [7, 11) is 0. The SMILES string of the molecule is C[C@H](NC(=O)c1csc(CCN)n1)c1ccc(F)cc1. The Hall–Kier alpha value is -1.79. The number of nitrogens with zero attached hydrogens (tertiary/aromatic N) is 1. The molecule has 3 N–H and O–H groups in total. The first kappa shape index (κ1) is 14.6. The number of carbonyl (C=O) groups is 1. The molecule has 0 fully saturated rings. The van der Waals surface area contributed by atoms with Gasteiger partial charge in [-0.3, -0.25) is 4.79 Å². The van der Waals surface area contributed by atoms with Gasteiger partial charge in [0.2, 0.25) is 0 Å². The highest BCUT2D eigenvalue weighted by molar-refractivity contribution is 7.09. The number of amides is 1. The van der Waals surface area contributed by atoms with E-state index in [0.29, 0.717) is 18.7 Å². The van der Waals surface area contributed by atoms with Crippen molar-refractivity contribution in [1.82, 2.24) is 10.3 Å².